The van der Waals surface area contributed by atoms with Crippen LogP contribution in [0.1, 0.15) is 44.6 Å². The Morgan fingerprint density at radius 1 is 1.16 bits per heavy atom. The monoisotopic (exact) mass is 463 g/mol. The van der Waals surface area contributed by atoms with Crippen LogP contribution in [0.5, 0.6) is 0 Å². The lowest BCUT2D eigenvalue weighted by atomic mass is 9.74. The number of hydrogen-bond acceptors (Lipinski definition) is 2. The zero-order valence-corrected chi connectivity index (χ0v) is 17.6. The largest absolute Gasteiger partial charge is 0.381 e. The van der Waals surface area contributed by atoms with Crippen molar-refractivity contribution in [3.63, 3.8) is 0 Å². The van der Waals surface area contributed by atoms with Crippen LogP contribution in [0.2, 0.25) is 0 Å². The number of halogens is 2. The molecule has 1 heterocycles. The summed E-state index contributed by atoms with van der Waals surface area (Å²) in [4.78, 5) is 4.31. The van der Waals surface area contributed by atoms with E-state index in [1.807, 2.05) is 12.1 Å². The van der Waals surface area contributed by atoms with Gasteiger partial charge in [-0.15, -0.1) is 24.0 Å². The fourth-order valence-electron chi connectivity index (χ4n) is 3.19. The van der Waals surface area contributed by atoms with Crippen molar-refractivity contribution < 1.29 is 9.13 Å². The maximum atomic E-state index is 13.3. The Balaban J connectivity index is 0.00000312. The van der Waals surface area contributed by atoms with Gasteiger partial charge in [0.1, 0.15) is 5.82 Å². The predicted octanol–water partition coefficient (Wildman–Crippen LogP) is 3.85. The van der Waals surface area contributed by atoms with Crippen LogP contribution in [0.15, 0.2) is 29.3 Å². The summed E-state index contributed by atoms with van der Waals surface area (Å²) in [5.41, 5.74) is 1.13. The first-order valence-electron chi connectivity index (χ1n) is 8.98. The van der Waals surface area contributed by atoms with E-state index in [-0.39, 0.29) is 35.2 Å². The minimum Gasteiger partial charge on any atom is -0.381 e. The molecule has 4 nitrogen and oxygen atoms in total. The van der Waals surface area contributed by atoms with Crippen molar-refractivity contribution >= 4 is 29.9 Å². The highest BCUT2D eigenvalue weighted by atomic mass is 127. The van der Waals surface area contributed by atoms with E-state index in [9.17, 15) is 4.39 Å². The number of benzene rings is 1. The van der Waals surface area contributed by atoms with Crippen molar-refractivity contribution in [1.82, 2.24) is 10.6 Å². The summed E-state index contributed by atoms with van der Waals surface area (Å²) >= 11 is 0. The maximum absolute atomic E-state index is 13.3. The highest BCUT2D eigenvalue weighted by Gasteiger charge is 2.34. The van der Waals surface area contributed by atoms with Gasteiger partial charge in [-0.05, 0) is 37.0 Å². The standard InChI is InChI=1S/C19H30FN3O.HI/c1-3-4-5-12-22-18(21-2)23-15-19(10-13-24-14-11-19)16-6-8-17(20)9-7-16;/h6-9H,3-5,10-15H2,1-2H3,(H2,21,22,23);1H. The number of unbranched alkanes of at least 4 members (excludes halogenated alkanes) is 2. The lowest BCUT2D eigenvalue weighted by Crippen LogP contribution is -2.48. The molecular formula is C19H31FIN3O. The highest BCUT2D eigenvalue weighted by molar-refractivity contribution is 14.0. The molecule has 0 radical (unpaired) electrons. The van der Waals surface area contributed by atoms with E-state index in [1.165, 1.54) is 18.4 Å². The van der Waals surface area contributed by atoms with E-state index in [4.69, 9.17) is 4.74 Å². The van der Waals surface area contributed by atoms with Crippen molar-refractivity contribution in [1.29, 1.82) is 0 Å². The van der Waals surface area contributed by atoms with E-state index in [1.54, 1.807) is 19.2 Å². The molecule has 0 atom stereocenters. The Hall–Kier alpha value is -0.890. The van der Waals surface area contributed by atoms with Gasteiger partial charge in [0.25, 0.3) is 0 Å². The summed E-state index contributed by atoms with van der Waals surface area (Å²) in [7, 11) is 1.80. The lowest BCUT2D eigenvalue weighted by molar-refractivity contribution is 0.0513. The summed E-state index contributed by atoms with van der Waals surface area (Å²) in [6.07, 6.45) is 5.44. The number of nitrogens with zero attached hydrogens (tertiary/aromatic N) is 1. The molecule has 0 aliphatic carbocycles. The Bertz CT molecular complexity index is 516. The molecule has 142 valence electrons. The Kier molecular flexibility index (Phi) is 10.3. The van der Waals surface area contributed by atoms with Gasteiger partial charge in [0.15, 0.2) is 5.96 Å². The third-order valence-corrected chi connectivity index (χ3v) is 4.80. The summed E-state index contributed by atoms with van der Waals surface area (Å²) in [6.45, 7) is 5.38. The third kappa shape index (κ3) is 6.73. The summed E-state index contributed by atoms with van der Waals surface area (Å²) in [5, 5.41) is 6.83. The molecule has 6 heteroatoms. The molecule has 1 aliphatic rings. The van der Waals surface area contributed by atoms with E-state index in [0.717, 1.165) is 51.5 Å². The van der Waals surface area contributed by atoms with Crippen molar-refractivity contribution in [3.8, 4) is 0 Å². The third-order valence-electron chi connectivity index (χ3n) is 4.80. The Morgan fingerprint density at radius 2 is 1.84 bits per heavy atom. The SMILES string of the molecule is CCCCCNC(=NC)NCC1(c2ccc(F)cc2)CCOCC1.I. The molecule has 0 amide bonds. The average molecular weight is 463 g/mol. The van der Waals surface area contributed by atoms with E-state index >= 15 is 0 Å². The number of aliphatic imine (C=N–C) groups is 1. The molecule has 1 fully saturated rings. The number of nitrogens with one attached hydrogen (secondary N) is 2. The number of ether oxygens (including phenoxy) is 1. The molecule has 2 rings (SSSR count). The van der Waals surface area contributed by atoms with Gasteiger partial charge in [-0.25, -0.2) is 4.39 Å². The molecule has 0 spiro atoms. The van der Waals surface area contributed by atoms with Crippen LogP contribution >= 0.6 is 24.0 Å². The van der Waals surface area contributed by atoms with E-state index in [0.29, 0.717) is 0 Å². The van der Waals surface area contributed by atoms with Gasteiger partial charge >= 0.3 is 0 Å². The van der Waals surface area contributed by atoms with E-state index < -0.39 is 0 Å². The second-order valence-corrected chi connectivity index (χ2v) is 6.46. The minimum atomic E-state index is -0.192. The van der Waals surface area contributed by atoms with Crippen LogP contribution < -0.4 is 10.6 Å². The quantitative estimate of drug-likeness (QED) is 0.280. The van der Waals surface area contributed by atoms with E-state index in [2.05, 4.69) is 22.5 Å². The molecule has 0 aromatic heterocycles. The topological polar surface area (TPSA) is 45.7 Å². The molecule has 1 aromatic carbocycles. The summed E-state index contributed by atoms with van der Waals surface area (Å²) < 4.78 is 18.8. The highest BCUT2D eigenvalue weighted by Crippen LogP contribution is 2.34. The van der Waals surface area contributed by atoms with Gasteiger partial charge < -0.3 is 15.4 Å². The molecule has 0 saturated carbocycles. The van der Waals surface area contributed by atoms with Crippen LogP contribution in [0.3, 0.4) is 0 Å². The van der Waals surface area contributed by atoms with Crippen molar-refractivity contribution in [3.05, 3.63) is 35.6 Å². The zero-order chi connectivity index (χ0) is 17.3. The van der Waals surface area contributed by atoms with Gasteiger partial charge in [-0.3, -0.25) is 4.99 Å². The number of rotatable bonds is 7. The normalized spacial score (nSPS) is 16.8. The van der Waals surface area contributed by atoms with Crippen LogP contribution in [0, 0.1) is 5.82 Å². The molecular weight excluding hydrogens is 432 g/mol. The molecule has 2 N–H and O–H groups in total. The lowest BCUT2D eigenvalue weighted by Gasteiger charge is -2.38. The van der Waals surface area contributed by atoms with Crippen molar-refractivity contribution in [2.45, 2.75) is 44.4 Å². The molecule has 1 saturated heterocycles. The van der Waals surface area contributed by atoms with Crippen LogP contribution in [0.4, 0.5) is 4.39 Å². The average Bonchev–Trinajstić information content (AvgIpc) is 2.62. The maximum Gasteiger partial charge on any atom is 0.191 e. The molecule has 1 aromatic rings. The van der Waals surface area contributed by atoms with Crippen molar-refractivity contribution in [2.24, 2.45) is 4.99 Å². The fourth-order valence-corrected chi connectivity index (χ4v) is 3.19. The molecule has 0 bridgehead atoms. The summed E-state index contributed by atoms with van der Waals surface area (Å²) in [5.74, 6) is 0.640. The van der Waals surface area contributed by atoms with Crippen LogP contribution in [-0.2, 0) is 10.2 Å². The zero-order valence-electron chi connectivity index (χ0n) is 15.3. The molecule has 0 unspecified atom stereocenters. The second kappa shape index (κ2) is 11.7. The predicted molar refractivity (Wildman–Crippen MR) is 112 cm³/mol. The molecule has 1 aliphatic heterocycles. The van der Waals surface area contributed by atoms with Gasteiger partial charge in [0.05, 0.1) is 0 Å². The van der Waals surface area contributed by atoms with Gasteiger partial charge in [-0.2, -0.15) is 0 Å². The second-order valence-electron chi connectivity index (χ2n) is 6.46. The van der Waals surface area contributed by atoms with Gasteiger partial charge in [0, 0.05) is 38.8 Å². The molecule has 25 heavy (non-hydrogen) atoms. The van der Waals surface area contributed by atoms with Crippen LogP contribution in [-0.4, -0.2) is 39.3 Å². The first-order chi connectivity index (χ1) is 11.7. The first kappa shape index (κ1) is 22.2. The van der Waals surface area contributed by atoms with Gasteiger partial charge in [-0.1, -0.05) is 31.9 Å². The van der Waals surface area contributed by atoms with Crippen molar-refractivity contribution in [2.75, 3.05) is 33.4 Å². The summed E-state index contributed by atoms with van der Waals surface area (Å²) in [6, 6.07) is 6.90. The minimum absolute atomic E-state index is 0. The smallest absolute Gasteiger partial charge is 0.191 e. The fraction of sp³-hybridized carbons (Fsp3) is 0.632. The van der Waals surface area contributed by atoms with Gasteiger partial charge in [0.2, 0.25) is 0 Å². The number of hydrogen-bond donors (Lipinski definition) is 2. The Morgan fingerprint density at radius 3 is 2.44 bits per heavy atom. The first-order valence-corrected chi connectivity index (χ1v) is 8.98. The number of guanidine groups is 1. The van der Waals surface area contributed by atoms with Crippen LogP contribution in [0.25, 0.3) is 0 Å². The Labute approximate surface area is 168 Å².